The number of fused-ring (bicyclic) bond motifs is 1. The lowest BCUT2D eigenvalue weighted by atomic mass is 10.2. The van der Waals surface area contributed by atoms with Gasteiger partial charge in [0.1, 0.15) is 11.8 Å². The van der Waals surface area contributed by atoms with Gasteiger partial charge in [0.05, 0.1) is 13.2 Å². The van der Waals surface area contributed by atoms with E-state index in [1.54, 1.807) is 36.9 Å². The molecule has 0 spiro atoms. The molecule has 1 aromatic carbocycles. The topological polar surface area (TPSA) is 57.5 Å². The number of hydrogen-bond acceptors (Lipinski definition) is 4. The van der Waals surface area contributed by atoms with Crippen molar-refractivity contribution in [2.24, 2.45) is 0 Å². The molecule has 0 fully saturated rings. The van der Waals surface area contributed by atoms with Crippen molar-refractivity contribution in [2.45, 2.75) is 39.3 Å². The Kier molecular flexibility index (Phi) is 4.85. The van der Waals surface area contributed by atoms with Gasteiger partial charge in [0.2, 0.25) is 0 Å². The van der Waals surface area contributed by atoms with Crippen LogP contribution in [0.4, 0.5) is 0 Å². The quantitative estimate of drug-likeness (QED) is 0.606. The second kappa shape index (κ2) is 6.64. The number of methoxy groups -OCH3 is 1. The van der Waals surface area contributed by atoms with E-state index >= 15 is 0 Å². The summed E-state index contributed by atoms with van der Waals surface area (Å²) in [5, 5.41) is 0.762. The number of esters is 1. The van der Waals surface area contributed by atoms with E-state index in [1.165, 1.54) is 0 Å². The van der Waals surface area contributed by atoms with Crippen LogP contribution in [-0.2, 0) is 9.53 Å². The summed E-state index contributed by atoms with van der Waals surface area (Å²) in [5.74, 6) is 0.364. The third-order valence-electron chi connectivity index (χ3n) is 3.85. The lowest BCUT2D eigenvalue weighted by Crippen LogP contribution is -2.22. The average molecular weight is 303 g/mol. The van der Waals surface area contributed by atoms with Gasteiger partial charge in [-0.2, -0.15) is 0 Å². The SMILES string of the molecule is CCC(C)OC(=O)C(C)n1cc(C=O)c2cc(OC)ccc21. The lowest BCUT2D eigenvalue weighted by molar-refractivity contribution is -0.151. The monoisotopic (exact) mass is 303 g/mol. The van der Waals surface area contributed by atoms with Crippen LogP contribution in [0.25, 0.3) is 10.9 Å². The van der Waals surface area contributed by atoms with Crippen LogP contribution in [0, 0.1) is 0 Å². The van der Waals surface area contributed by atoms with Crippen molar-refractivity contribution in [3.63, 3.8) is 0 Å². The molecule has 1 aromatic heterocycles. The molecule has 118 valence electrons. The molecule has 0 saturated heterocycles. The zero-order chi connectivity index (χ0) is 16.3. The molecule has 0 N–H and O–H groups in total. The van der Waals surface area contributed by atoms with Crippen molar-refractivity contribution >= 4 is 23.2 Å². The Balaban J connectivity index is 2.42. The number of rotatable bonds is 6. The van der Waals surface area contributed by atoms with Gasteiger partial charge in [-0.05, 0) is 38.5 Å². The third kappa shape index (κ3) is 2.98. The maximum absolute atomic E-state index is 12.2. The highest BCUT2D eigenvalue weighted by molar-refractivity contribution is 5.99. The number of nitrogens with zero attached hydrogens (tertiary/aromatic N) is 1. The smallest absolute Gasteiger partial charge is 0.329 e. The van der Waals surface area contributed by atoms with E-state index in [1.807, 2.05) is 19.9 Å². The van der Waals surface area contributed by atoms with Gasteiger partial charge in [-0.3, -0.25) is 4.79 Å². The summed E-state index contributed by atoms with van der Waals surface area (Å²) in [6.07, 6.45) is 3.11. The van der Waals surface area contributed by atoms with Gasteiger partial charge in [0.25, 0.3) is 0 Å². The first-order chi connectivity index (χ1) is 10.5. The Morgan fingerprint density at radius 2 is 2.09 bits per heavy atom. The van der Waals surface area contributed by atoms with Crippen molar-refractivity contribution < 1.29 is 19.1 Å². The van der Waals surface area contributed by atoms with Gasteiger partial charge in [-0.25, -0.2) is 4.79 Å². The first-order valence-electron chi connectivity index (χ1n) is 7.36. The molecular formula is C17H21NO4. The molecule has 0 bridgehead atoms. The number of hydrogen-bond donors (Lipinski definition) is 0. The van der Waals surface area contributed by atoms with Crippen LogP contribution in [0.3, 0.4) is 0 Å². The predicted octanol–water partition coefficient (Wildman–Crippen LogP) is 3.37. The van der Waals surface area contributed by atoms with Crippen LogP contribution in [0.2, 0.25) is 0 Å². The highest BCUT2D eigenvalue weighted by Gasteiger charge is 2.21. The number of aromatic nitrogens is 1. The molecule has 0 aliphatic heterocycles. The summed E-state index contributed by atoms with van der Waals surface area (Å²) >= 11 is 0. The van der Waals surface area contributed by atoms with Gasteiger partial charge >= 0.3 is 5.97 Å². The van der Waals surface area contributed by atoms with Crippen LogP contribution in [0.15, 0.2) is 24.4 Å². The van der Waals surface area contributed by atoms with Gasteiger partial charge in [0.15, 0.2) is 6.29 Å². The zero-order valence-electron chi connectivity index (χ0n) is 13.3. The largest absolute Gasteiger partial charge is 0.497 e. The Bertz CT molecular complexity index is 689. The molecule has 5 heteroatoms. The first-order valence-corrected chi connectivity index (χ1v) is 7.36. The maximum atomic E-state index is 12.2. The molecule has 0 amide bonds. The van der Waals surface area contributed by atoms with Crippen LogP contribution >= 0.6 is 0 Å². The molecule has 2 unspecified atom stereocenters. The minimum absolute atomic E-state index is 0.123. The maximum Gasteiger partial charge on any atom is 0.329 e. The van der Waals surface area contributed by atoms with E-state index in [-0.39, 0.29) is 12.1 Å². The second-order valence-corrected chi connectivity index (χ2v) is 5.32. The van der Waals surface area contributed by atoms with Gasteiger partial charge < -0.3 is 14.0 Å². The minimum atomic E-state index is -0.501. The average Bonchev–Trinajstić information content (AvgIpc) is 2.91. The second-order valence-electron chi connectivity index (χ2n) is 5.32. The molecule has 5 nitrogen and oxygen atoms in total. The summed E-state index contributed by atoms with van der Waals surface area (Å²) in [6.45, 7) is 5.59. The molecule has 2 atom stereocenters. The van der Waals surface area contributed by atoms with Gasteiger partial charge in [-0.1, -0.05) is 6.92 Å². The number of aldehydes is 1. The van der Waals surface area contributed by atoms with E-state index in [2.05, 4.69) is 0 Å². The van der Waals surface area contributed by atoms with Crippen molar-refractivity contribution in [2.75, 3.05) is 7.11 Å². The third-order valence-corrected chi connectivity index (χ3v) is 3.85. The predicted molar refractivity (Wildman–Crippen MR) is 84.4 cm³/mol. The molecule has 22 heavy (non-hydrogen) atoms. The Morgan fingerprint density at radius 1 is 1.36 bits per heavy atom. The lowest BCUT2D eigenvalue weighted by Gasteiger charge is -2.17. The van der Waals surface area contributed by atoms with Crippen LogP contribution in [0.5, 0.6) is 5.75 Å². The first kappa shape index (κ1) is 16.1. The van der Waals surface area contributed by atoms with E-state index < -0.39 is 6.04 Å². The Hall–Kier alpha value is -2.30. The van der Waals surface area contributed by atoms with E-state index in [9.17, 15) is 9.59 Å². The van der Waals surface area contributed by atoms with E-state index in [4.69, 9.17) is 9.47 Å². The van der Waals surface area contributed by atoms with Crippen molar-refractivity contribution in [3.05, 3.63) is 30.0 Å². The van der Waals surface area contributed by atoms with E-state index in [0.29, 0.717) is 11.3 Å². The van der Waals surface area contributed by atoms with Crippen LogP contribution in [-0.4, -0.2) is 30.0 Å². The van der Waals surface area contributed by atoms with Crippen molar-refractivity contribution in [3.8, 4) is 5.75 Å². The fourth-order valence-electron chi connectivity index (χ4n) is 2.30. The molecule has 2 rings (SSSR count). The minimum Gasteiger partial charge on any atom is -0.497 e. The summed E-state index contributed by atoms with van der Waals surface area (Å²) < 4.78 is 12.3. The van der Waals surface area contributed by atoms with Crippen molar-refractivity contribution in [1.29, 1.82) is 0 Å². The molecular weight excluding hydrogens is 282 g/mol. The van der Waals surface area contributed by atoms with Gasteiger partial charge in [-0.15, -0.1) is 0 Å². The highest BCUT2D eigenvalue weighted by atomic mass is 16.5. The highest BCUT2D eigenvalue weighted by Crippen LogP contribution is 2.28. The Labute approximate surface area is 129 Å². The number of benzene rings is 1. The summed E-state index contributed by atoms with van der Waals surface area (Å²) in [6, 6.07) is 4.94. The fourth-order valence-corrected chi connectivity index (χ4v) is 2.30. The van der Waals surface area contributed by atoms with Gasteiger partial charge in [0, 0.05) is 22.7 Å². The fraction of sp³-hybridized carbons (Fsp3) is 0.412. The van der Waals surface area contributed by atoms with Crippen molar-refractivity contribution in [1.82, 2.24) is 4.57 Å². The Morgan fingerprint density at radius 3 is 2.68 bits per heavy atom. The summed E-state index contributed by atoms with van der Waals surface area (Å²) in [4.78, 5) is 23.5. The molecule has 0 radical (unpaired) electrons. The molecule has 0 aliphatic carbocycles. The molecule has 2 aromatic rings. The van der Waals surface area contributed by atoms with Crippen LogP contribution in [0.1, 0.15) is 43.6 Å². The standard InChI is InChI=1S/C17H21NO4/c1-5-11(2)22-17(20)12(3)18-9-13(10-19)15-8-14(21-4)6-7-16(15)18/h6-12H,5H2,1-4H3. The van der Waals surface area contributed by atoms with Crippen LogP contribution < -0.4 is 4.74 Å². The number of carbonyl (C=O) groups excluding carboxylic acids is 2. The summed E-state index contributed by atoms with van der Waals surface area (Å²) in [5.41, 5.74) is 1.33. The molecule has 0 aliphatic rings. The molecule has 0 saturated carbocycles. The zero-order valence-corrected chi connectivity index (χ0v) is 13.3. The number of carbonyl (C=O) groups is 2. The normalized spacial score (nSPS) is 13.6. The number of ether oxygens (including phenoxy) is 2. The molecule has 1 heterocycles. The van der Waals surface area contributed by atoms with E-state index in [0.717, 1.165) is 23.6 Å². The summed E-state index contributed by atoms with van der Waals surface area (Å²) in [7, 11) is 1.57.